The van der Waals surface area contributed by atoms with Gasteiger partial charge in [0.05, 0.1) is 26.2 Å². The van der Waals surface area contributed by atoms with Crippen molar-refractivity contribution in [3.63, 3.8) is 0 Å². The Morgan fingerprint density at radius 3 is 1.64 bits per heavy atom. The molecule has 21 heteroatoms. The molecule has 0 aromatic heterocycles. The van der Waals surface area contributed by atoms with Crippen LogP contribution in [0.15, 0.2) is 42.5 Å². The summed E-state index contributed by atoms with van der Waals surface area (Å²) in [6.45, 7) is -0.319. The van der Waals surface area contributed by atoms with Crippen LogP contribution >= 0.6 is 0 Å². The maximum absolute atomic E-state index is 13.2. The summed E-state index contributed by atoms with van der Waals surface area (Å²) in [4.78, 5) is 133. The number of benzene rings is 1. The molecule has 10 amide bonds. The first-order valence-corrected chi connectivity index (χ1v) is 16.1. The molecule has 9 N–H and O–H groups in total. The first kappa shape index (κ1) is 42.5. The van der Waals surface area contributed by atoms with Gasteiger partial charge in [0.15, 0.2) is 0 Å². The minimum Gasteiger partial charge on any atom is -0.480 e. The predicted molar refractivity (Wildman–Crippen MR) is 180 cm³/mol. The second kappa shape index (κ2) is 21.5. The van der Waals surface area contributed by atoms with Crippen molar-refractivity contribution in [2.24, 2.45) is 0 Å². The summed E-state index contributed by atoms with van der Waals surface area (Å²) in [5, 5.41) is 27.0. The molecule has 0 unspecified atom stereocenters. The third kappa shape index (κ3) is 16.3. The lowest BCUT2D eigenvalue weighted by molar-refractivity contribution is -0.138. The molecule has 286 valence electrons. The fourth-order valence-electron chi connectivity index (χ4n) is 4.27. The molecule has 0 bridgehead atoms. The number of carboxylic acid groups (broad SMARTS) is 1. The summed E-state index contributed by atoms with van der Waals surface area (Å²) in [7, 11) is 0. The van der Waals surface area contributed by atoms with Gasteiger partial charge < -0.3 is 47.6 Å². The number of rotatable bonds is 21. The lowest BCUT2D eigenvalue weighted by Crippen LogP contribution is -2.57. The number of nitrogens with one attached hydrogen (secondary N) is 8. The van der Waals surface area contributed by atoms with E-state index in [1.807, 2.05) is 5.32 Å². The average molecular weight is 744 g/mol. The highest BCUT2D eigenvalue weighted by Crippen LogP contribution is 2.05. The molecule has 0 saturated carbocycles. The third-order valence-corrected chi connectivity index (χ3v) is 7.10. The Balaban J connectivity index is 1.82. The van der Waals surface area contributed by atoms with Crippen LogP contribution in [0.2, 0.25) is 0 Å². The highest BCUT2D eigenvalue weighted by atomic mass is 16.4. The molecule has 3 atom stereocenters. The van der Waals surface area contributed by atoms with Gasteiger partial charge in [0.2, 0.25) is 47.3 Å². The van der Waals surface area contributed by atoms with Gasteiger partial charge in [-0.2, -0.15) is 0 Å². The lowest BCUT2D eigenvalue weighted by atomic mass is 10.0. The topological polar surface area (TPSA) is 307 Å². The minimum absolute atomic E-state index is 0.0108. The van der Waals surface area contributed by atoms with Gasteiger partial charge in [-0.15, -0.1) is 0 Å². The minimum atomic E-state index is -1.27. The molecule has 2 rings (SSSR count). The molecule has 0 radical (unpaired) electrons. The number of aliphatic carboxylic acids is 1. The summed E-state index contributed by atoms with van der Waals surface area (Å²) in [5.41, 5.74) is 0.649. The number of hydrogen-bond donors (Lipinski definition) is 9. The Labute approximate surface area is 302 Å². The maximum Gasteiger partial charge on any atom is 0.322 e. The van der Waals surface area contributed by atoms with Gasteiger partial charge in [0.25, 0.3) is 11.8 Å². The zero-order valence-electron chi connectivity index (χ0n) is 28.8. The van der Waals surface area contributed by atoms with E-state index in [9.17, 15) is 52.7 Å². The number of carbonyl (C=O) groups excluding carboxylic acids is 10. The maximum atomic E-state index is 13.2. The van der Waals surface area contributed by atoms with Crippen molar-refractivity contribution in [3.05, 3.63) is 48.0 Å². The normalized spacial score (nSPS) is 13.4. The molecule has 1 aromatic rings. The lowest BCUT2D eigenvalue weighted by Gasteiger charge is -2.23. The zero-order valence-corrected chi connectivity index (χ0v) is 28.8. The second-order valence-corrected chi connectivity index (χ2v) is 11.4. The number of carbonyl (C=O) groups is 11. The smallest absolute Gasteiger partial charge is 0.322 e. The van der Waals surface area contributed by atoms with E-state index in [0.717, 1.165) is 17.1 Å². The van der Waals surface area contributed by atoms with Gasteiger partial charge >= 0.3 is 5.97 Å². The Hall–Kier alpha value is -6.67. The number of imide groups is 1. The van der Waals surface area contributed by atoms with Crippen molar-refractivity contribution in [3.8, 4) is 0 Å². The summed E-state index contributed by atoms with van der Waals surface area (Å²) in [6.07, 6.45) is 1.90. The number of nitrogens with zero attached hydrogens (tertiary/aromatic N) is 1. The van der Waals surface area contributed by atoms with Gasteiger partial charge in [-0.05, 0) is 19.4 Å². The Morgan fingerprint density at radius 1 is 0.585 bits per heavy atom. The standard InChI is InChI=1S/C32H41N9O12/c1-18(30(51)37-15-25(45)34-14-24(44)36-17-29(49)50)39-32(53)21(12-20-6-4-3-5-7-20)40-31(52)19(2)38-26(46)16-35-23(43)13-33-22(42)10-11-41-27(47)8-9-28(41)48/h3-9,18-19,21H,10-17H2,1-2H3,(H,33,42)(H,34,45)(H,35,43)(H,36,44)(H,37,51)(H,38,46)(H,39,53)(H,40,52)(H,49,50)/t18-,19-,21-/m0/s1. The predicted octanol–water partition coefficient (Wildman–Crippen LogP) is -5.30. The van der Waals surface area contributed by atoms with Crippen molar-refractivity contribution < 1.29 is 57.8 Å². The summed E-state index contributed by atoms with van der Waals surface area (Å²) < 4.78 is 0. The molecule has 53 heavy (non-hydrogen) atoms. The first-order chi connectivity index (χ1) is 25.0. The molecular weight excluding hydrogens is 702 g/mol. The number of carboxylic acids is 1. The Kier molecular flexibility index (Phi) is 17.3. The van der Waals surface area contributed by atoms with E-state index >= 15 is 0 Å². The molecule has 1 aliphatic rings. The molecule has 0 fully saturated rings. The SMILES string of the molecule is C[C@H](NC(=O)CNC(=O)CNC(=O)CCN1C(=O)C=CC1=O)C(=O)N[C@@H](Cc1ccccc1)C(=O)N[C@@H](C)C(=O)NCC(=O)NCC(=O)NCC(=O)O. The molecule has 21 nitrogen and oxygen atoms in total. The molecular formula is C32H41N9O12. The second-order valence-electron chi connectivity index (χ2n) is 11.4. The summed E-state index contributed by atoms with van der Waals surface area (Å²) >= 11 is 0. The van der Waals surface area contributed by atoms with Crippen molar-refractivity contribution in [1.29, 1.82) is 0 Å². The van der Waals surface area contributed by atoms with E-state index in [4.69, 9.17) is 5.11 Å². The molecule has 1 aromatic carbocycles. The van der Waals surface area contributed by atoms with Crippen molar-refractivity contribution >= 4 is 65.0 Å². The van der Waals surface area contributed by atoms with E-state index in [1.54, 1.807) is 30.3 Å². The highest BCUT2D eigenvalue weighted by Gasteiger charge is 2.28. The van der Waals surface area contributed by atoms with Crippen molar-refractivity contribution in [2.75, 3.05) is 39.3 Å². The van der Waals surface area contributed by atoms with Crippen molar-refractivity contribution in [2.45, 2.75) is 44.8 Å². The monoisotopic (exact) mass is 743 g/mol. The number of hydrogen-bond acceptors (Lipinski definition) is 11. The quantitative estimate of drug-likeness (QED) is 0.0534. The van der Waals surface area contributed by atoms with Crippen molar-refractivity contribution in [1.82, 2.24) is 47.4 Å². The molecule has 0 spiro atoms. The van der Waals surface area contributed by atoms with Gasteiger partial charge in [-0.25, -0.2) is 0 Å². The molecule has 1 heterocycles. The van der Waals surface area contributed by atoms with Crippen LogP contribution in [0.25, 0.3) is 0 Å². The highest BCUT2D eigenvalue weighted by molar-refractivity contribution is 6.13. The zero-order chi connectivity index (χ0) is 39.5. The van der Waals surface area contributed by atoms with Crippen LogP contribution in [0, 0.1) is 0 Å². The van der Waals surface area contributed by atoms with E-state index in [2.05, 4.69) is 37.2 Å². The van der Waals surface area contributed by atoms with Crippen LogP contribution in [-0.2, 0) is 59.2 Å². The van der Waals surface area contributed by atoms with Crippen LogP contribution in [-0.4, -0.2) is 132 Å². The fraction of sp³-hybridized carbons (Fsp3) is 0.406. The average Bonchev–Trinajstić information content (AvgIpc) is 3.44. The van der Waals surface area contributed by atoms with Crippen LogP contribution in [0.3, 0.4) is 0 Å². The van der Waals surface area contributed by atoms with Gasteiger partial charge in [0, 0.05) is 31.5 Å². The third-order valence-electron chi connectivity index (χ3n) is 7.10. The number of amides is 10. The van der Waals surface area contributed by atoms with Crippen LogP contribution < -0.4 is 42.5 Å². The van der Waals surface area contributed by atoms with Crippen LogP contribution in [0.1, 0.15) is 25.8 Å². The van der Waals surface area contributed by atoms with Gasteiger partial charge in [-0.1, -0.05) is 30.3 Å². The van der Waals surface area contributed by atoms with E-state index in [1.165, 1.54) is 13.8 Å². The first-order valence-electron chi connectivity index (χ1n) is 16.1. The van der Waals surface area contributed by atoms with E-state index < -0.39 is 116 Å². The molecule has 0 saturated heterocycles. The Morgan fingerprint density at radius 2 is 1.08 bits per heavy atom. The van der Waals surface area contributed by atoms with E-state index in [0.29, 0.717) is 5.56 Å². The summed E-state index contributed by atoms with van der Waals surface area (Å²) in [6, 6.07) is 4.95. The van der Waals surface area contributed by atoms with Gasteiger partial charge in [-0.3, -0.25) is 57.6 Å². The summed E-state index contributed by atoms with van der Waals surface area (Å²) in [5.74, 6) is -8.35. The van der Waals surface area contributed by atoms with Crippen LogP contribution in [0.5, 0.6) is 0 Å². The van der Waals surface area contributed by atoms with Crippen LogP contribution in [0.4, 0.5) is 0 Å². The van der Waals surface area contributed by atoms with E-state index in [-0.39, 0.29) is 19.4 Å². The molecule has 1 aliphatic heterocycles. The molecule has 0 aliphatic carbocycles. The van der Waals surface area contributed by atoms with Gasteiger partial charge in [0.1, 0.15) is 24.7 Å². The largest absolute Gasteiger partial charge is 0.480 e. The Bertz CT molecular complexity index is 1600. The fourth-order valence-corrected chi connectivity index (χ4v) is 4.27.